The summed E-state index contributed by atoms with van der Waals surface area (Å²) in [6.45, 7) is 2.35. The summed E-state index contributed by atoms with van der Waals surface area (Å²) in [6.07, 6.45) is 1.58. The number of anilines is 2. The molecule has 0 fully saturated rings. The quantitative estimate of drug-likeness (QED) is 0.0886. The maximum absolute atomic E-state index is 12.7. The van der Waals surface area contributed by atoms with Crippen molar-refractivity contribution in [1.29, 1.82) is 0 Å². The summed E-state index contributed by atoms with van der Waals surface area (Å²) >= 11 is 19.5. The van der Waals surface area contributed by atoms with Gasteiger partial charge in [0, 0.05) is 37.8 Å². The van der Waals surface area contributed by atoms with Crippen molar-refractivity contribution in [3.05, 3.63) is 125 Å². The average molecular weight is 792 g/mol. The lowest BCUT2D eigenvalue weighted by Crippen LogP contribution is -2.17. The number of thiazole rings is 1. The molecule has 0 saturated heterocycles. The van der Waals surface area contributed by atoms with Crippen LogP contribution in [0.4, 0.5) is 10.8 Å². The van der Waals surface area contributed by atoms with Crippen molar-refractivity contribution in [2.24, 2.45) is 5.10 Å². The lowest BCUT2D eigenvalue weighted by molar-refractivity contribution is 0.0955. The second-order valence-corrected chi connectivity index (χ2v) is 12.9. The van der Waals surface area contributed by atoms with Gasteiger partial charge in [-0.25, -0.2) is 10.4 Å². The van der Waals surface area contributed by atoms with E-state index >= 15 is 0 Å². The van der Waals surface area contributed by atoms with Crippen LogP contribution in [0, 0.1) is 10.5 Å². The van der Waals surface area contributed by atoms with Crippen molar-refractivity contribution < 1.29 is 9.53 Å². The standard InChI is InChI=1S/C31H22BrCl2IN4O2S/c1-18-2-10-24(11-3-18)37-31-38-28(17-42-31)20-4-6-21(7-5-20)30(40)39-36-15-19-12-25(32)29(27(35)13-19)41-16-22-8-9-23(33)14-26(22)34/h2-15,17H,16H2,1H3,(H,37,38)(H,39,40)/b36-15-. The van der Waals surface area contributed by atoms with Crippen molar-refractivity contribution in [2.75, 3.05) is 5.32 Å². The van der Waals surface area contributed by atoms with Crippen LogP contribution in [-0.2, 0) is 6.61 Å². The molecule has 0 radical (unpaired) electrons. The average Bonchev–Trinajstić information content (AvgIpc) is 3.43. The lowest BCUT2D eigenvalue weighted by atomic mass is 10.1. The summed E-state index contributed by atoms with van der Waals surface area (Å²) < 4.78 is 7.62. The maximum Gasteiger partial charge on any atom is 0.271 e. The molecular weight excluding hydrogens is 770 g/mol. The molecule has 0 unspecified atom stereocenters. The Kier molecular flexibility index (Phi) is 10.2. The monoisotopic (exact) mass is 790 g/mol. The Hall–Kier alpha value is -2.96. The fourth-order valence-corrected chi connectivity index (χ4v) is 6.80. The molecular formula is C31H22BrCl2IN4O2S. The van der Waals surface area contributed by atoms with Crippen LogP contribution >= 0.6 is 73.1 Å². The molecule has 5 aromatic rings. The number of hydrazone groups is 1. The summed E-state index contributed by atoms with van der Waals surface area (Å²) in [5.74, 6) is 0.368. The Morgan fingerprint density at radius 3 is 2.55 bits per heavy atom. The van der Waals surface area contributed by atoms with E-state index in [4.69, 9.17) is 27.9 Å². The van der Waals surface area contributed by atoms with Crippen LogP contribution in [-0.4, -0.2) is 17.1 Å². The first-order valence-electron chi connectivity index (χ1n) is 12.5. The smallest absolute Gasteiger partial charge is 0.271 e. The molecule has 2 N–H and O–H groups in total. The predicted molar refractivity (Wildman–Crippen MR) is 185 cm³/mol. The van der Waals surface area contributed by atoms with Crippen molar-refractivity contribution in [1.82, 2.24) is 10.4 Å². The molecule has 0 saturated carbocycles. The number of aryl methyl sites for hydroxylation is 1. The number of carbonyl (C=O) groups excluding carboxylic acids is 1. The Labute approximate surface area is 279 Å². The van der Waals surface area contributed by atoms with Gasteiger partial charge in [-0.2, -0.15) is 5.10 Å². The van der Waals surface area contributed by atoms with Gasteiger partial charge in [0.25, 0.3) is 5.91 Å². The van der Waals surface area contributed by atoms with Crippen LogP contribution in [0.1, 0.15) is 27.0 Å². The number of nitrogens with one attached hydrogen (secondary N) is 2. The highest BCUT2D eigenvalue weighted by molar-refractivity contribution is 14.1. The minimum atomic E-state index is -0.314. The van der Waals surface area contributed by atoms with Gasteiger partial charge in [-0.15, -0.1) is 11.3 Å². The molecule has 1 amide bonds. The third-order valence-corrected chi connectivity index (χ3v) is 8.77. The highest BCUT2D eigenvalue weighted by Gasteiger charge is 2.11. The van der Waals surface area contributed by atoms with E-state index < -0.39 is 0 Å². The Morgan fingerprint density at radius 2 is 1.83 bits per heavy atom. The molecule has 1 aromatic heterocycles. The van der Waals surface area contributed by atoms with Crippen LogP contribution < -0.4 is 15.5 Å². The van der Waals surface area contributed by atoms with Gasteiger partial charge in [-0.1, -0.05) is 59.1 Å². The van der Waals surface area contributed by atoms with Crippen LogP contribution in [0.2, 0.25) is 10.0 Å². The van der Waals surface area contributed by atoms with Gasteiger partial charge in [0.1, 0.15) is 12.4 Å². The Balaban J connectivity index is 1.17. The van der Waals surface area contributed by atoms with E-state index in [1.165, 1.54) is 16.9 Å². The van der Waals surface area contributed by atoms with Gasteiger partial charge in [0.05, 0.1) is 20.0 Å². The van der Waals surface area contributed by atoms with Gasteiger partial charge in [0.2, 0.25) is 0 Å². The zero-order chi connectivity index (χ0) is 29.6. The number of aromatic nitrogens is 1. The number of ether oxygens (including phenoxy) is 1. The number of rotatable bonds is 9. The normalized spacial score (nSPS) is 11.1. The Morgan fingerprint density at radius 1 is 1.07 bits per heavy atom. The molecule has 0 aliphatic carbocycles. The second kappa shape index (κ2) is 14.0. The summed E-state index contributed by atoms with van der Waals surface area (Å²) in [5.41, 5.74) is 8.64. The number of hydrogen-bond acceptors (Lipinski definition) is 6. The van der Waals surface area contributed by atoms with E-state index in [2.05, 4.69) is 78.4 Å². The van der Waals surface area contributed by atoms with E-state index in [-0.39, 0.29) is 5.91 Å². The highest BCUT2D eigenvalue weighted by Crippen LogP contribution is 2.33. The van der Waals surface area contributed by atoms with Crippen LogP contribution in [0.15, 0.2) is 93.8 Å². The zero-order valence-electron chi connectivity index (χ0n) is 22.0. The molecule has 4 aromatic carbocycles. The van der Waals surface area contributed by atoms with Crippen LogP contribution in [0.5, 0.6) is 5.75 Å². The van der Waals surface area contributed by atoms with Gasteiger partial charge in [-0.3, -0.25) is 4.79 Å². The number of amides is 1. The third kappa shape index (κ3) is 7.90. The molecule has 0 aliphatic rings. The van der Waals surface area contributed by atoms with Crippen molar-refractivity contribution >= 4 is 96.0 Å². The fourth-order valence-electron chi connectivity index (χ4n) is 3.83. The van der Waals surface area contributed by atoms with Crippen molar-refractivity contribution in [3.8, 4) is 17.0 Å². The van der Waals surface area contributed by atoms with Crippen LogP contribution in [0.25, 0.3) is 11.3 Å². The number of hydrogen-bond donors (Lipinski definition) is 2. The summed E-state index contributed by atoms with van der Waals surface area (Å²) in [4.78, 5) is 17.3. The molecule has 0 atom stereocenters. The molecule has 1 heterocycles. The maximum atomic E-state index is 12.7. The van der Waals surface area contributed by atoms with Crippen molar-refractivity contribution in [2.45, 2.75) is 13.5 Å². The van der Waals surface area contributed by atoms with Crippen molar-refractivity contribution in [3.63, 3.8) is 0 Å². The van der Waals surface area contributed by atoms with Gasteiger partial charge >= 0.3 is 0 Å². The highest BCUT2D eigenvalue weighted by atomic mass is 127. The lowest BCUT2D eigenvalue weighted by Gasteiger charge is -2.12. The first-order chi connectivity index (χ1) is 20.2. The van der Waals surface area contributed by atoms with Gasteiger partial charge in [0.15, 0.2) is 5.13 Å². The fraction of sp³-hybridized carbons (Fsp3) is 0.0645. The number of nitrogens with zero attached hydrogens (tertiary/aromatic N) is 2. The molecule has 6 nitrogen and oxygen atoms in total. The van der Waals surface area contributed by atoms with Crippen LogP contribution in [0.3, 0.4) is 0 Å². The first kappa shape index (κ1) is 30.5. The zero-order valence-corrected chi connectivity index (χ0v) is 28.1. The SMILES string of the molecule is Cc1ccc(Nc2nc(-c3ccc(C(=O)N/N=C\c4cc(Br)c(OCc5ccc(Cl)cc5Cl)c(I)c4)cc3)cs2)cc1. The molecule has 42 heavy (non-hydrogen) atoms. The first-order valence-corrected chi connectivity index (χ1v) is 16.0. The molecule has 5 rings (SSSR count). The number of benzene rings is 4. The van der Waals surface area contributed by atoms with E-state index in [1.807, 2.05) is 47.8 Å². The molecule has 0 bridgehead atoms. The minimum Gasteiger partial charge on any atom is -0.487 e. The molecule has 11 heteroatoms. The molecule has 0 spiro atoms. The third-order valence-electron chi connectivity index (χ3n) is 6.04. The Bertz CT molecular complexity index is 1740. The van der Waals surface area contributed by atoms with E-state index in [0.29, 0.717) is 28.0 Å². The minimum absolute atomic E-state index is 0.292. The predicted octanol–water partition coefficient (Wildman–Crippen LogP) is 9.88. The summed E-state index contributed by atoms with van der Waals surface area (Å²) in [5, 5.41) is 11.4. The van der Waals surface area contributed by atoms with Gasteiger partial charge in [-0.05, 0) is 99.5 Å². The van der Waals surface area contributed by atoms with Gasteiger partial charge < -0.3 is 10.1 Å². The number of halogens is 4. The van der Waals surface area contributed by atoms with E-state index in [0.717, 1.165) is 41.2 Å². The van der Waals surface area contributed by atoms with E-state index in [9.17, 15) is 4.79 Å². The topological polar surface area (TPSA) is 75.6 Å². The number of carbonyl (C=O) groups is 1. The molecule has 212 valence electrons. The largest absolute Gasteiger partial charge is 0.487 e. The molecule has 0 aliphatic heterocycles. The summed E-state index contributed by atoms with van der Waals surface area (Å²) in [7, 11) is 0. The summed E-state index contributed by atoms with van der Waals surface area (Å²) in [6, 6.07) is 24.5. The second-order valence-electron chi connectivity index (χ2n) is 9.14. The van der Waals surface area contributed by atoms with E-state index in [1.54, 1.807) is 30.5 Å².